The minimum absolute atomic E-state index is 0.262. The van der Waals surface area contributed by atoms with Crippen molar-refractivity contribution in [1.29, 1.82) is 0 Å². The zero-order valence-electron chi connectivity index (χ0n) is 12.9. The van der Waals surface area contributed by atoms with Gasteiger partial charge in [-0.2, -0.15) is 13.2 Å². The maximum absolute atomic E-state index is 12.7. The van der Waals surface area contributed by atoms with Crippen molar-refractivity contribution in [2.45, 2.75) is 57.3 Å². The molecule has 0 saturated heterocycles. The second-order valence-corrected chi connectivity index (χ2v) is 5.48. The quantitative estimate of drug-likeness (QED) is 0.765. The van der Waals surface area contributed by atoms with Gasteiger partial charge in [0.1, 0.15) is 5.54 Å². The number of alkyl halides is 3. The Morgan fingerprint density at radius 1 is 1.43 bits per heavy atom. The SMILES string of the molecule is CCOC(=O)C1(NC)CCCC(N(CC)CC(F)(F)F)C1. The van der Waals surface area contributed by atoms with Gasteiger partial charge in [-0.1, -0.05) is 6.92 Å². The molecule has 2 unspecified atom stereocenters. The minimum atomic E-state index is -4.22. The average Bonchev–Trinajstić information content (AvgIpc) is 2.44. The molecule has 0 aliphatic heterocycles. The lowest BCUT2D eigenvalue weighted by molar-refractivity contribution is -0.159. The Hall–Kier alpha value is -0.820. The lowest BCUT2D eigenvalue weighted by atomic mass is 9.78. The summed E-state index contributed by atoms with van der Waals surface area (Å²) in [6.07, 6.45) is -1.89. The van der Waals surface area contributed by atoms with Gasteiger partial charge in [0.05, 0.1) is 13.2 Å². The fourth-order valence-corrected chi connectivity index (χ4v) is 3.07. The summed E-state index contributed by atoms with van der Waals surface area (Å²) in [5.41, 5.74) is -0.863. The first-order valence-corrected chi connectivity index (χ1v) is 7.45. The van der Waals surface area contributed by atoms with Crippen molar-refractivity contribution in [1.82, 2.24) is 10.2 Å². The highest BCUT2D eigenvalue weighted by atomic mass is 19.4. The number of hydrogen-bond donors (Lipinski definition) is 1. The molecule has 0 aromatic rings. The van der Waals surface area contributed by atoms with Crippen LogP contribution in [0.1, 0.15) is 39.5 Å². The third kappa shape index (κ3) is 4.85. The first-order valence-electron chi connectivity index (χ1n) is 7.45. The molecule has 0 heterocycles. The molecule has 21 heavy (non-hydrogen) atoms. The Kier molecular flexibility index (Phi) is 6.46. The van der Waals surface area contributed by atoms with Gasteiger partial charge in [0.25, 0.3) is 0 Å². The predicted molar refractivity (Wildman–Crippen MR) is 74.0 cm³/mol. The number of carbonyl (C=O) groups excluding carboxylic acids is 1. The largest absolute Gasteiger partial charge is 0.465 e. The molecule has 1 fully saturated rings. The van der Waals surface area contributed by atoms with Crippen molar-refractivity contribution >= 4 is 5.97 Å². The van der Waals surface area contributed by atoms with Gasteiger partial charge >= 0.3 is 12.1 Å². The van der Waals surface area contributed by atoms with Gasteiger partial charge in [-0.05, 0) is 46.2 Å². The molecule has 1 rings (SSSR count). The number of rotatable bonds is 6. The number of esters is 1. The summed E-state index contributed by atoms with van der Waals surface area (Å²) in [7, 11) is 1.67. The topological polar surface area (TPSA) is 41.6 Å². The van der Waals surface area contributed by atoms with Gasteiger partial charge in [-0.15, -0.1) is 0 Å². The smallest absolute Gasteiger partial charge is 0.401 e. The third-order valence-corrected chi connectivity index (χ3v) is 4.17. The number of nitrogens with zero attached hydrogens (tertiary/aromatic N) is 1. The Labute approximate surface area is 124 Å². The van der Waals surface area contributed by atoms with E-state index in [-0.39, 0.29) is 18.6 Å². The van der Waals surface area contributed by atoms with E-state index in [4.69, 9.17) is 4.74 Å². The molecule has 0 aromatic carbocycles. The molecule has 2 atom stereocenters. The summed E-state index contributed by atoms with van der Waals surface area (Å²) in [5.74, 6) is -0.361. The van der Waals surface area contributed by atoms with Crippen LogP contribution >= 0.6 is 0 Å². The Bertz CT molecular complexity index is 350. The number of halogens is 3. The van der Waals surface area contributed by atoms with E-state index in [9.17, 15) is 18.0 Å². The van der Waals surface area contributed by atoms with Crippen LogP contribution in [-0.2, 0) is 9.53 Å². The van der Waals surface area contributed by atoms with Crippen molar-refractivity contribution in [3.8, 4) is 0 Å². The zero-order valence-corrected chi connectivity index (χ0v) is 12.9. The zero-order chi connectivity index (χ0) is 16.1. The molecule has 0 amide bonds. The second-order valence-electron chi connectivity index (χ2n) is 5.48. The van der Waals surface area contributed by atoms with E-state index in [1.165, 1.54) is 4.90 Å². The van der Waals surface area contributed by atoms with Crippen LogP contribution in [0.3, 0.4) is 0 Å². The van der Waals surface area contributed by atoms with Gasteiger partial charge in [-0.25, -0.2) is 0 Å². The summed E-state index contributed by atoms with van der Waals surface area (Å²) in [6, 6.07) is -0.262. The van der Waals surface area contributed by atoms with Crippen molar-refractivity contribution in [2.24, 2.45) is 0 Å². The highest BCUT2D eigenvalue weighted by Gasteiger charge is 2.45. The molecular formula is C14H25F3N2O2. The van der Waals surface area contributed by atoms with Crippen LogP contribution in [0.2, 0.25) is 0 Å². The van der Waals surface area contributed by atoms with Gasteiger partial charge < -0.3 is 10.1 Å². The number of carbonyl (C=O) groups is 1. The Morgan fingerprint density at radius 2 is 2.10 bits per heavy atom. The van der Waals surface area contributed by atoms with Crippen molar-refractivity contribution in [3.63, 3.8) is 0 Å². The first-order chi connectivity index (χ1) is 9.78. The highest BCUT2D eigenvalue weighted by Crippen LogP contribution is 2.33. The molecule has 4 nitrogen and oxygen atoms in total. The maximum atomic E-state index is 12.7. The monoisotopic (exact) mass is 310 g/mol. The standard InChI is InChI=1S/C14H25F3N2O2/c1-4-19(10-14(15,16)17)11-7-6-8-13(9-11,18-3)12(20)21-5-2/h11,18H,4-10H2,1-3H3. The normalized spacial score (nSPS) is 26.9. The minimum Gasteiger partial charge on any atom is -0.465 e. The molecule has 124 valence electrons. The summed E-state index contributed by atoms with van der Waals surface area (Å²) >= 11 is 0. The summed E-state index contributed by atoms with van der Waals surface area (Å²) < 4.78 is 43.1. The summed E-state index contributed by atoms with van der Waals surface area (Å²) in [5, 5.41) is 2.99. The van der Waals surface area contributed by atoms with Crippen LogP contribution in [0.4, 0.5) is 13.2 Å². The van der Waals surface area contributed by atoms with Crippen LogP contribution in [0.15, 0.2) is 0 Å². The van der Waals surface area contributed by atoms with Crippen LogP contribution < -0.4 is 5.32 Å². The van der Waals surface area contributed by atoms with Gasteiger partial charge in [0.2, 0.25) is 0 Å². The van der Waals surface area contributed by atoms with E-state index in [0.717, 1.165) is 0 Å². The molecule has 7 heteroatoms. The molecule has 1 saturated carbocycles. The van der Waals surface area contributed by atoms with Crippen LogP contribution in [-0.4, -0.2) is 55.4 Å². The molecular weight excluding hydrogens is 285 g/mol. The van der Waals surface area contributed by atoms with E-state index in [2.05, 4.69) is 5.32 Å². The maximum Gasteiger partial charge on any atom is 0.401 e. The van der Waals surface area contributed by atoms with E-state index in [1.807, 2.05) is 0 Å². The Balaban J connectivity index is 2.83. The average molecular weight is 310 g/mol. The molecule has 1 aliphatic carbocycles. The van der Waals surface area contributed by atoms with Crippen molar-refractivity contribution in [3.05, 3.63) is 0 Å². The summed E-state index contributed by atoms with van der Waals surface area (Å²) in [4.78, 5) is 13.6. The van der Waals surface area contributed by atoms with E-state index >= 15 is 0 Å². The van der Waals surface area contributed by atoms with Crippen molar-refractivity contribution in [2.75, 3.05) is 26.7 Å². The number of hydrogen-bond acceptors (Lipinski definition) is 4. The molecule has 0 radical (unpaired) electrons. The van der Waals surface area contributed by atoms with Crippen LogP contribution in [0.25, 0.3) is 0 Å². The fraction of sp³-hybridized carbons (Fsp3) is 0.929. The third-order valence-electron chi connectivity index (χ3n) is 4.17. The predicted octanol–water partition coefficient (Wildman–Crippen LogP) is 2.33. The highest BCUT2D eigenvalue weighted by molar-refractivity contribution is 5.81. The van der Waals surface area contributed by atoms with Crippen molar-refractivity contribution < 1.29 is 22.7 Å². The molecule has 0 spiro atoms. The molecule has 1 N–H and O–H groups in total. The first kappa shape index (κ1) is 18.2. The van der Waals surface area contributed by atoms with Gasteiger partial charge in [0.15, 0.2) is 0 Å². The number of likely N-dealkylation sites (N-methyl/N-ethyl adjacent to an activating group) is 1. The summed E-state index contributed by atoms with van der Waals surface area (Å²) in [6.45, 7) is 3.09. The van der Waals surface area contributed by atoms with Crippen LogP contribution in [0, 0.1) is 0 Å². The molecule has 1 aliphatic rings. The Morgan fingerprint density at radius 3 is 2.57 bits per heavy atom. The second kappa shape index (κ2) is 7.45. The van der Waals surface area contributed by atoms with Gasteiger partial charge in [0, 0.05) is 6.04 Å². The molecule has 0 bridgehead atoms. The molecule has 0 aromatic heterocycles. The number of nitrogens with one attached hydrogen (secondary N) is 1. The van der Waals surface area contributed by atoms with Gasteiger partial charge in [-0.3, -0.25) is 9.69 Å². The lowest BCUT2D eigenvalue weighted by Crippen LogP contribution is -2.58. The lowest BCUT2D eigenvalue weighted by Gasteiger charge is -2.43. The van der Waals surface area contributed by atoms with E-state index in [1.54, 1.807) is 20.9 Å². The number of ether oxygens (including phenoxy) is 1. The van der Waals surface area contributed by atoms with E-state index < -0.39 is 18.3 Å². The fourth-order valence-electron chi connectivity index (χ4n) is 3.07. The van der Waals surface area contributed by atoms with Crippen LogP contribution in [0.5, 0.6) is 0 Å². The van der Waals surface area contributed by atoms with E-state index in [0.29, 0.717) is 32.2 Å².